The summed E-state index contributed by atoms with van der Waals surface area (Å²) in [5.41, 5.74) is 1.11. The molecule has 0 aromatic heterocycles. The van der Waals surface area contributed by atoms with Gasteiger partial charge in [-0.25, -0.2) is 0 Å². The van der Waals surface area contributed by atoms with Gasteiger partial charge in [0, 0.05) is 29.2 Å². The van der Waals surface area contributed by atoms with E-state index in [-0.39, 0.29) is 12.4 Å². The fourth-order valence-electron chi connectivity index (χ4n) is 2.58. The average molecular weight is 324 g/mol. The zero-order chi connectivity index (χ0) is 13.0. The minimum atomic E-state index is 0. The van der Waals surface area contributed by atoms with E-state index in [9.17, 15) is 0 Å². The van der Waals surface area contributed by atoms with Gasteiger partial charge in [0.15, 0.2) is 0 Å². The van der Waals surface area contributed by atoms with Crippen LogP contribution in [0, 0.1) is 0 Å². The summed E-state index contributed by atoms with van der Waals surface area (Å²) in [6.45, 7) is 6.46. The largest absolute Gasteiger partial charge is 0.311 e. The molecule has 0 saturated carbocycles. The van der Waals surface area contributed by atoms with Crippen molar-refractivity contribution in [2.45, 2.75) is 32.4 Å². The molecule has 0 aliphatic carbocycles. The van der Waals surface area contributed by atoms with Gasteiger partial charge in [-0.3, -0.25) is 4.90 Å². The first-order valence-electron chi connectivity index (χ1n) is 6.59. The van der Waals surface area contributed by atoms with Crippen LogP contribution in [-0.2, 0) is 6.54 Å². The molecule has 1 fully saturated rings. The second-order valence-electron chi connectivity index (χ2n) is 4.79. The van der Waals surface area contributed by atoms with Crippen molar-refractivity contribution < 1.29 is 0 Å². The van der Waals surface area contributed by atoms with Crippen LogP contribution in [0.3, 0.4) is 0 Å². The zero-order valence-corrected chi connectivity index (χ0v) is 13.5. The number of benzene rings is 1. The predicted octanol–water partition coefficient (Wildman–Crippen LogP) is 3.99. The van der Waals surface area contributed by atoms with Gasteiger partial charge in [-0.1, -0.05) is 36.2 Å². The first kappa shape index (κ1) is 17.1. The highest BCUT2D eigenvalue weighted by molar-refractivity contribution is 6.35. The molecular formula is C14H21Cl3N2. The molecular weight excluding hydrogens is 303 g/mol. The summed E-state index contributed by atoms with van der Waals surface area (Å²) in [5.74, 6) is 0. The van der Waals surface area contributed by atoms with Crippen molar-refractivity contribution in [2.75, 3.05) is 19.6 Å². The Bertz CT molecular complexity index is 398. The van der Waals surface area contributed by atoms with Gasteiger partial charge in [-0.2, -0.15) is 0 Å². The molecule has 0 spiro atoms. The molecule has 1 aromatic rings. The molecule has 1 heterocycles. The lowest BCUT2D eigenvalue weighted by atomic mass is 10.2. The van der Waals surface area contributed by atoms with Crippen molar-refractivity contribution in [3.8, 4) is 0 Å². The Labute approximate surface area is 131 Å². The van der Waals surface area contributed by atoms with Gasteiger partial charge in [0.1, 0.15) is 0 Å². The Morgan fingerprint density at radius 1 is 1.37 bits per heavy atom. The molecule has 1 aromatic carbocycles. The Morgan fingerprint density at radius 3 is 2.84 bits per heavy atom. The highest BCUT2D eigenvalue weighted by Gasteiger charge is 2.22. The molecule has 5 heteroatoms. The van der Waals surface area contributed by atoms with Crippen molar-refractivity contribution in [2.24, 2.45) is 0 Å². The van der Waals surface area contributed by atoms with E-state index in [4.69, 9.17) is 23.2 Å². The normalized spacial score (nSPS) is 19.4. The lowest BCUT2D eigenvalue weighted by molar-refractivity contribution is 0.260. The lowest BCUT2D eigenvalue weighted by Gasteiger charge is -2.23. The molecule has 2 nitrogen and oxygen atoms in total. The van der Waals surface area contributed by atoms with E-state index in [0.29, 0.717) is 11.1 Å². The number of rotatable bonds is 5. The van der Waals surface area contributed by atoms with Gasteiger partial charge in [0.05, 0.1) is 0 Å². The first-order valence-corrected chi connectivity index (χ1v) is 7.35. The van der Waals surface area contributed by atoms with E-state index >= 15 is 0 Å². The molecule has 1 saturated heterocycles. The van der Waals surface area contributed by atoms with Gasteiger partial charge in [-0.05, 0) is 43.6 Å². The maximum atomic E-state index is 6.15. The number of halogens is 3. The van der Waals surface area contributed by atoms with E-state index in [0.717, 1.165) is 30.2 Å². The average Bonchev–Trinajstić information content (AvgIpc) is 2.79. The van der Waals surface area contributed by atoms with Crippen molar-refractivity contribution in [3.63, 3.8) is 0 Å². The van der Waals surface area contributed by atoms with Crippen molar-refractivity contribution in [1.82, 2.24) is 10.2 Å². The van der Waals surface area contributed by atoms with Crippen LogP contribution in [0.1, 0.15) is 25.3 Å². The molecule has 2 rings (SSSR count). The van der Waals surface area contributed by atoms with Crippen molar-refractivity contribution >= 4 is 35.6 Å². The highest BCUT2D eigenvalue weighted by Crippen LogP contribution is 2.21. The van der Waals surface area contributed by atoms with E-state index in [2.05, 4.69) is 17.1 Å². The molecule has 108 valence electrons. The molecule has 0 radical (unpaired) electrons. The molecule has 0 bridgehead atoms. The van der Waals surface area contributed by atoms with Crippen LogP contribution in [-0.4, -0.2) is 30.6 Å². The molecule has 1 aliphatic heterocycles. The molecule has 1 N–H and O–H groups in total. The number of hydrogen-bond donors (Lipinski definition) is 1. The first-order chi connectivity index (χ1) is 8.70. The number of likely N-dealkylation sites (N-methyl/N-ethyl adjacent to an activating group) is 1. The van der Waals surface area contributed by atoms with Crippen LogP contribution >= 0.6 is 35.6 Å². The number of hydrogen-bond acceptors (Lipinski definition) is 2. The van der Waals surface area contributed by atoms with Gasteiger partial charge in [-0.15, -0.1) is 12.4 Å². The summed E-state index contributed by atoms with van der Waals surface area (Å²) < 4.78 is 0. The summed E-state index contributed by atoms with van der Waals surface area (Å²) >= 11 is 12.0. The molecule has 0 amide bonds. The highest BCUT2D eigenvalue weighted by atomic mass is 35.5. The predicted molar refractivity (Wildman–Crippen MR) is 85.7 cm³/mol. The van der Waals surface area contributed by atoms with Crippen LogP contribution in [0.15, 0.2) is 18.2 Å². The maximum Gasteiger partial charge on any atom is 0.0465 e. The summed E-state index contributed by atoms with van der Waals surface area (Å²) in [7, 11) is 0. The summed E-state index contributed by atoms with van der Waals surface area (Å²) in [4.78, 5) is 2.54. The summed E-state index contributed by atoms with van der Waals surface area (Å²) in [6.07, 6.45) is 2.62. The molecule has 1 atom stereocenters. The van der Waals surface area contributed by atoms with Crippen LogP contribution in [0.2, 0.25) is 10.0 Å². The minimum Gasteiger partial charge on any atom is -0.311 e. The van der Waals surface area contributed by atoms with Crippen molar-refractivity contribution in [3.05, 3.63) is 33.8 Å². The fraction of sp³-hybridized carbons (Fsp3) is 0.571. The SMILES string of the molecule is CCN1CCCC1CNCc1ccc(Cl)cc1Cl.Cl. The van der Waals surface area contributed by atoms with Gasteiger partial charge in [0.25, 0.3) is 0 Å². The molecule has 19 heavy (non-hydrogen) atoms. The quantitative estimate of drug-likeness (QED) is 0.881. The Kier molecular flexibility index (Phi) is 7.48. The minimum absolute atomic E-state index is 0. The second kappa shape index (κ2) is 8.33. The van der Waals surface area contributed by atoms with Crippen molar-refractivity contribution in [1.29, 1.82) is 0 Å². The Balaban J connectivity index is 0.00000180. The van der Waals surface area contributed by atoms with Crippen LogP contribution in [0.25, 0.3) is 0 Å². The lowest BCUT2D eigenvalue weighted by Crippen LogP contribution is -2.37. The van der Waals surface area contributed by atoms with Gasteiger partial charge >= 0.3 is 0 Å². The second-order valence-corrected chi connectivity index (χ2v) is 5.63. The number of likely N-dealkylation sites (tertiary alicyclic amines) is 1. The smallest absolute Gasteiger partial charge is 0.0465 e. The summed E-state index contributed by atoms with van der Waals surface area (Å²) in [6, 6.07) is 6.36. The van der Waals surface area contributed by atoms with Crippen LogP contribution < -0.4 is 5.32 Å². The number of nitrogens with one attached hydrogen (secondary N) is 1. The van der Waals surface area contributed by atoms with E-state index in [1.165, 1.54) is 19.4 Å². The Hall–Kier alpha value is 0.01000. The Morgan fingerprint density at radius 2 is 2.16 bits per heavy atom. The van der Waals surface area contributed by atoms with Crippen LogP contribution in [0.4, 0.5) is 0 Å². The van der Waals surface area contributed by atoms with E-state index in [1.807, 2.05) is 12.1 Å². The molecule has 1 aliphatic rings. The van der Waals surface area contributed by atoms with Gasteiger partial charge in [0.2, 0.25) is 0 Å². The summed E-state index contributed by atoms with van der Waals surface area (Å²) in [5, 5.41) is 4.93. The third-order valence-corrected chi connectivity index (χ3v) is 4.20. The maximum absolute atomic E-state index is 6.15. The third-order valence-electron chi connectivity index (χ3n) is 3.62. The standard InChI is InChI=1S/C14H20Cl2N2.ClH/c1-2-18-7-3-4-13(18)10-17-9-11-5-6-12(15)8-14(11)16;/h5-6,8,13,17H,2-4,7,9-10H2,1H3;1H. The fourth-order valence-corrected chi connectivity index (χ4v) is 3.06. The van der Waals surface area contributed by atoms with E-state index < -0.39 is 0 Å². The monoisotopic (exact) mass is 322 g/mol. The van der Waals surface area contributed by atoms with Gasteiger partial charge < -0.3 is 5.32 Å². The topological polar surface area (TPSA) is 15.3 Å². The zero-order valence-electron chi connectivity index (χ0n) is 11.2. The third kappa shape index (κ3) is 4.80. The van der Waals surface area contributed by atoms with Crippen LogP contribution in [0.5, 0.6) is 0 Å². The van der Waals surface area contributed by atoms with E-state index in [1.54, 1.807) is 6.07 Å². The molecule has 1 unspecified atom stereocenters. The number of nitrogens with zero attached hydrogens (tertiary/aromatic N) is 1.